The molecular weight excluding hydrogens is 240 g/mol. The number of methoxy groups -OCH3 is 1. The fourth-order valence-corrected chi connectivity index (χ4v) is 1.82. The fourth-order valence-electron chi connectivity index (χ4n) is 0.725. The first-order valence-electron chi connectivity index (χ1n) is 4.08. The Hall–Kier alpha value is -0.730. The molecular formula is C7H14N2O4S2. The topological polar surface area (TPSA) is 89.7 Å². The molecule has 8 heteroatoms. The summed E-state index contributed by atoms with van der Waals surface area (Å²) in [4.78, 5) is 11.0. The van der Waals surface area contributed by atoms with E-state index >= 15 is 0 Å². The minimum Gasteiger partial charge on any atom is -0.468 e. The summed E-state index contributed by atoms with van der Waals surface area (Å²) in [5.74, 6) is -1.46. The highest BCUT2D eigenvalue weighted by molar-refractivity contribution is 7.89. The summed E-state index contributed by atoms with van der Waals surface area (Å²) in [5.41, 5.74) is 5.23. The molecule has 0 rings (SSSR count). The number of nitrogens with two attached hydrogens (primary N) is 1. The van der Waals surface area contributed by atoms with Crippen LogP contribution in [0.25, 0.3) is 0 Å². The van der Waals surface area contributed by atoms with Gasteiger partial charge >= 0.3 is 5.97 Å². The average molecular weight is 254 g/mol. The Morgan fingerprint density at radius 3 is 2.47 bits per heavy atom. The summed E-state index contributed by atoms with van der Waals surface area (Å²) in [6.07, 6.45) is 0.284. The van der Waals surface area contributed by atoms with E-state index in [2.05, 4.69) is 17.0 Å². The number of ether oxygens (including phenoxy) is 1. The molecule has 0 unspecified atom stereocenters. The largest absolute Gasteiger partial charge is 0.468 e. The van der Waals surface area contributed by atoms with Crippen LogP contribution in [-0.2, 0) is 19.6 Å². The van der Waals surface area contributed by atoms with E-state index in [0.29, 0.717) is 0 Å². The molecule has 0 aliphatic heterocycles. The number of hydrogen-bond donors (Lipinski definition) is 1. The first kappa shape index (κ1) is 14.3. The normalized spacial score (nSPS) is 11.4. The molecule has 0 aromatic rings. The van der Waals surface area contributed by atoms with E-state index in [1.54, 1.807) is 0 Å². The molecule has 0 aliphatic rings. The van der Waals surface area contributed by atoms with Gasteiger partial charge in [0.15, 0.2) is 5.75 Å². The van der Waals surface area contributed by atoms with Crippen LogP contribution in [0.3, 0.4) is 0 Å². The molecule has 0 fully saturated rings. The van der Waals surface area contributed by atoms with Gasteiger partial charge in [-0.15, -0.1) is 0 Å². The van der Waals surface area contributed by atoms with Crippen molar-refractivity contribution in [3.8, 4) is 0 Å². The molecule has 0 amide bonds. The van der Waals surface area contributed by atoms with Crippen molar-refractivity contribution in [3.05, 3.63) is 0 Å². The van der Waals surface area contributed by atoms with Crippen LogP contribution < -0.4 is 5.73 Å². The number of thiocarbonyl (C=S) groups is 1. The van der Waals surface area contributed by atoms with Crippen molar-refractivity contribution in [3.63, 3.8) is 0 Å². The molecule has 0 saturated carbocycles. The predicted molar refractivity (Wildman–Crippen MR) is 59.8 cm³/mol. The van der Waals surface area contributed by atoms with Crippen molar-refractivity contribution in [2.24, 2.45) is 5.73 Å². The maximum Gasteiger partial charge on any atom is 0.322 e. The van der Waals surface area contributed by atoms with Gasteiger partial charge in [0.1, 0.15) is 0 Å². The summed E-state index contributed by atoms with van der Waals surface area (Å²) < 4.78 is 28.2. The van der Waals surface area contributed by atoms with Crippen LogP contribution in [0.4, 0.5) is 0 Å². The number of nitrogens with zero attached hydrogens (tertiary/aromatic N) is 1. The van der Waals surface area contributed by atoms with E-state index in [0.717, 1.165) is 11.4 Å². The van der Waals surface area contributed by atoms with Crippen LogP contribution in [0.2, 0.25) is 0 Å². The molecule has 0 radical (unpaired) electrons. The highest BCUT2D eigenvalue weighted by Gasteiger charge is 2.22. The molecule has 0 atom stereocenters. The lowest BCUT2D eigenvalue weighted by Gasteiger charge is -2.15. The van der Waals surface area contributed by atoms with Crippen LogP contribution >= 0.6 is 12.2 Å². The standard InChI is InChI=1S/C7H14N2O4S2/c1-9(4-3-6(8)14)15(11,12)5-7(10)13-2/h3-5H2,1-2H3,(H2,8,14). The fraction of sp³-hybridized carbons (Fsp3) is 0.714. The maximum atomic E-state index is 11.5. The maximum absolute atomic E-state index is 11.5. The molecule has 0 aromatic heterocycles. The van der Waals surface area contributed by atoms with E-state index in [1.807, 2.05) is 0 Å². The van der Waals surface area contributed by atoms with Crippen LogP contribution in [-0.4, -0.2) is 50.1 Å². The molecule has 0 aromatic carbocycles. The third-order valence-electron chi connectivity index (χ3n) is 1.68. The number of carbonyl (C=O) groups is 1. The van der Waals surface area contributed by atoms with Gasteiger partial charge in [-0.2, -0.15) is 0 Å². The van der Waals surface area contributed by atoms with Gasteiger partial charge in [-0.05, 0) is 0 Å². The van der Waals surface area contributed by atoms with Gasteiger partial charge in [0, 0.05) is 20.0 Å². The lowest BCUT2D eigenvalue weighted by molar-refractivity contribution is -0.137. The second-order valence-electron chi connectivity index (χ2n) is 2.87. The van der Waals surface area contributed by atoms with E-state index in [4.69, 9.17) is 5.73 Å². The highest BCUT2D eigenvalue weighted by Crippen LogP contribution is 2.00. The Bertz CT molecular complexity index is 339. The zero-order chi connectivity index (χ0) is 12.1. The Labute approximate surface area is 94.4 Å². The summed E-state index contributed by atoms with van der Waals surface area (Å²) >= 11 is 4.61. The Morgan fingerprint density at radius 1 is 1.53 bits per heavy atom. The van der Waals surface area contributed by atoms with E-state index in [1.165, 1.54) is 7.05 Å². The number of hydrogen-bond acceptors (Lipinski definition) is 5. The van der Waals surface area contributed by atoms with Crippen molar-refractivity contribution in [1.82, 2.24) is 4.31 Å². The quantitative estimate of drug-likeness (QED) is 0.488. The summed E-state index contributed by atoms with van der Waals surface area (Å²) in [7, 11) is -1.13. The zero-order valence-corrected chi connectivity index (χ0v) is 10.2. The number of carbonyl (C=O) groups excluding carboxylic acids is 1. The minimum absolute atomic E-state index is 0.161. The van der Waals surface area contributed by atoms with Crippen molar-refractivity contribution in [2.75, 3.05) is 26.5 Å². The third-order valence-corrected chi connectivity index (χ3v) is 3.61. The monoisotopic (exact) mass is 254 g/mol. The molecule has 0 heterocycles. The molecule has 0 bridgehead atoms. The lowest BCUT2D eigenvalue weighted by Crippen LogP contribution is -2.34. The van der Waals surface area contributed by atoms with Crippen LogP contribution in [0.15, 0.2) is 0 Å². The SMILES string of the molecule is COC(=O)CS(=O)(=O)N(C)CCC(N)=S. The molecule has 6 nitrogen and oxygen atoms in total. The molecule has 0 saturated heterocycles. The van der Waals surface area contributed by atoms with Gasteiger partial charge in [0.25, 0.3) is 0 Å². The lowest BCUT2D eigenvalue weighted by atomic mass is 10.4. The average Bonchev–Trinajstić information content (AvgIpc) is 2.13. The summed E-state index contributed by atoms with van der Waals surface area (Å²) in [6.45, 7) is 0.161. The molecule has 88 valence electrons. The Kier molecular flexibility index (Phi) is 5.69. The van der Waals surface area contributed by atoms with Crippen molar-refractivity contribution in [1.29, 1.82) is 0 Å². The first-order valence-corrected chi connectivity index (χ1v) is 6.10. The second kappa shape index (κ2) is 5.99. The van der Waals surface area contributed by atoms with Gasteiger partial charge in [-0.25, -0.2) is 12.7 Å². The summed E-state index contributed by atoms with van der Waals surface area (Å²) in [5, 5.41) is 0. The van der Waals surface area contributed by atoms with E-state index < -0.39 is 21.7 Å². The second-order valence-corrected chi connectivity index (χ2v) is 5.47. The number of esters is 1. The smallest absolute Gasteiger partial charge is 0.322 e. The van der Waals surface area contributed by atoms with Gasteiger partial charge < -0.3 is 10.5 Å². The number of rotatable bonds is 6. The Morgan fingerprint density at radius 2 is 2.07 bits per heavy atom. The predicted octanol–water partition coefficient (Wildman–Crippen LogP) is -0.903. The van der Waals surface area contributed by atoms with Crippen LogP contribution in [0, 0.1) is 0 Å². The van der Waals surface area contributed by atoms with Crippen LogP contribution in [0.1, 0.15) is 6.42 Å². The number of sulfonamides is 1. The molecule has 0 aliphatic carbocycles. The third kappa shape index (κ3) is 5.65. The van der Waals surface area contributed by atoms with Gasteiger partial charge in [0.2, 0.25) is 10.0 Å². The highest BCUT2D eigenvalue weighted by atomic mass is 32.2. The van der Waals surface area contributed by atoms with Crippen molar-refractivity contribution >= 4 is 33.2 Å². The molecule has 0 spiro atoms. The van der Waals surface area contributed by atoms with Gasteiger partial charge in [-0.1, -0.05) is 12.2 Å². The minimum atomic E-state index is -3.62. The molecule has 15 heavy (non-hydrogen) atoms. The van der Waals surface area contributed by atoms with Gasteiger partial charge in [-0.3, -0.25) is 4.79 Å². The van der Waals surface area contributed by atoms with E-state index in [9.17, 15) is 13.2 Å². The zero-order valence-electron chi connectivity index (χ0n) is 8.60. The van der Waals surface area contributed by atoms with Gasteiger partial charge in [0.05, 0.1) is 12.1 Å². The van der Waals surface area contributed by atoms with Crippen molar-refractivity contribution < 1.29 is 17.9 Å². The van der Waals surface area contributed by atoms with Crippen molar-refractivity contribution in [2.45, 2.75) is 6.42 Å². The Balaban J connectivity index is 4.33. The first-order chi connectivity index (χ1) is 6.79. The summed E-state index contributed by atoms with van der Waals surface area (Å²) in [6, 6.07) is 0. The van der Waals surface area contributed by atoms with Crippen LogP contribution in [0.5, 0.6) is 0 Å². The van der Waals surface area contributed by atoms with E-state index in [-0.39, 0.29) is 18.0 Å². The molecule has 2 N–H and O–H groups in total.